The molecule has 0 spiro atoms. The Labute approximate surface area is 210 Å². The van der Waals surface area contributed by atoms with E-state index < -0.39 is 59.0 Å². The van der Waals surface area contributed by atoms with Crippen molar-refractivity contribution in [2.75, 3.05) is 6.61 Å². The number of benzene rings is 2. The third-order valence-corrected chi connectivity index (χ3v) is 7.17. The van der Waals surface area contributed by atoms with Gasteiger partial charge in [-0.1, -0.05) is 40.2 Å². The van der Waals surface area contributed by atoms with Crippen LogP contribution in [0.25, 0.3) is 11.3 Å². The number of hydrogen-bond donors (Lipinski definition) is 4. The Morgan fingerprint density at radius 1 is 1.14 bits per heavy atom. The van der Waals surface area contributed by atoms with E-state index in [4.69, 9.17) is 27.9 Å². The molecule has 1 saturated heterocycles. The fourth-order valence-corrected chi connectivity index (χ4v) is 5.20. The number of nitrogens with zero attached hydrogens (tertiary/aromatic N) is 3. The monoisotopic (exact) mass is 547 g/mol. The summed E-state index contributed by atoms with van der Waals surface area (Å²) in [6, 6.07) is 4.78. The fourth-order valence-electron chi connectivity index (χ4n) is 3.63. The van der Waals surface area contributed by atoms with Gasteiger partial charge in [-0.05, 0) is 30.3 Å². The molecule has 3 unspecified atom stereocenters. The Morgan fingerprint density at radius 3 is 2.46 bits per heavy atom. The van der Waals surface area contributed by atoms with Crippen molar-refractivity contribution in [3.63, 3.8) is 0 Å². The molecule has 1 aliphatic rings. The van der Waals surface area contributed by atoms with Crippen LogP contribution in [0.3, 0.4) is 0 Å². The number of aliphatic hydroxyl groups excluding tert-OH is 3. The van der Waals surface area contributed by atoms with E-state index in [0.29, 0.717) is 0 Å². The van der Waals surface area contributed by atoms with Crippen molar-refractivity contribution in [3.05, 3.63) is 63.8 Å². The largest absolute Gasteiger partial charge is 0.478 e. The molecule has 35 heavy (non-hydrogen) atoms. The maximum absolute atomic E-state index is 13.9. The van der Waals surface area contributed by atoms with Gasteiger partial charge in [0.15, 0.2) is 0 Å². The van der Waals surface area contributed by atoms with Crippen LogP contribution in [0.15, 0.2) is 41.4 Å². The minimum atomic E-state index is -1.48. The first-order valence-corrected chi connectivity index (χ1v) is 11.6. The van der Waals surface area contributed by atoms with Crippen molar-refractivity contribution < 1.29 is 38.7 Å². The lowest BCUT2D eigenvalue weighted by atomic mass is 9.97. The zero-order valence-corrected chi connectivity index (χ0v) is 19.8. The van der Waals surface area contributed by atoms with Gasteiger partial charge in [0, 0.05) is 15.5 Å². The van der Waals surface area contributed by atoms with Crippen molar-refractivity contribution in [3.8, 4) is 11.3 Å². The van der Waals surface area contributed by atoms with E-state index in [1.165, 1.54) is 24.4 Å². The zero-order valence-electron chi connectivity index (χ0n) is 17.4. The number of rotatable bonds is 6. The quantitative estimate of drug-likeness (QED) is 0.343. The third kappa shape index (κ3) is 5.14. The second-order valence-corrected chi connectivity index (χ2v) is 9.55. The zero-order chi connectivity index (χ0) is 25.4. The number of thioether (sulfide) groups is 1. The highest BCUT2D eigenvalue weighted by Gasteiger charge is 2.46. The second-order valence-electron chi connectivity index (χ2n) is 7.60. The molecule has 9 nitrogen and oxygen atoms in total. The average Bonchev–Trinajstić information content (AvgIpc) is 3.28. The Bertz CT molecular complexity index is 1240. The summed E-state index contributed by atoms with van der Waals surface area (Å²) in [6.45, 7) is -0.627. The lowest BCUT2D eigenvalue weighted by Crippen LogP contribution is -2.55. The first-order chi connectivity index (χ1) is 16.6. The third-order valence-electron chi connectivity index (χ3n) is 5.36. The lowest BCUT2D eigenvalue weighted by Gasteiger charge is -2.41. The highest BCUT2D eigenvalue weighted by molar-refractivity contribution is 8.00. The fraction of sp³-hybridized carbons (Fsp3) is 0.286. The summed E-state index contributed by atoms with van der Waals surface area (Å²) in [5.41, 5.74) is -1.21. The molecule has 186 valence electrons. The van der Waals surface area contributed by atoms with Crippen LogP contribution in [-0.4, -0.2) is 71.7 Å². The summed E-state index contributed by atoms with van der Waals surface area (Å²) >= 11 is 12.3. The molecule has 5 atom stereocenters. The molecule has 0 radical (unpaired) electrons. The molecule has 0 amide bonds. The van der Waals surface area contributed by atoms with E-state index in [9.17, 15) is 34.0 Å². The Balaban J connectivity index is 1.67. The SMILES string of the molecule is O=C(O)c1ccc(Cl)cc1S[C@H]1OC(CO)[C@H](O)C(n2cc(-c3cc(F)c(Cl)c(F)c3)nn2)C1O. The molecule has 14 heteroatoms. The van der Waals surface area contributed by atoms with Gasteiger partial charge in [-0.2, -0.15) is 0 Å². The van der Waals surface area contributed by atoms with Crippen molar-refractivity contribution in [1.82, 2.24) is 15.0 Å². The van der Waals surface area contributed by atoms with Crippen LogP contribution >= 0.6 is 35.0 Å². The van der Waals surface area contributed by atoms with E-state index in [-0.39, 0.29) is 26.7 Å². The van der Waals surface area contributed by atoms with E-state index in [0.717, 1.165) is 28.6 Å². The van der Waals surface area contributed by atoms with Crippen LogP contribution in [0, 0.1) is 11.6 Å². The lowest BCUT2D eigenvalue weighted by molar-refractivity contribution is -0.178. The molecule has 0 aliphatic carbocycles. The first kappa shape index (κ1) is 25.8. The highest BCUT2D eigenvalue weighted by Crippen LogP contribution is 2.40. The predicted octanol–water partition coefficient (Wildman–Crippen LogP) is 3.00. The molecule has 0 saturated carbocycles. The van der Waals surface area contributed by atoms with Crippen molar-refractivity contribution in [2.24, 2.45) is 0 Å². The summed E-state index contributed by atoms with van der Waals surface area (Å²) in [5.74, 6) is -3.24. The smallest absolute Gasteiger partial charge is 0.336 e. The van der Waals surface area contributed by atoms with Crippen molar-refractivity contribution in [2.45, 2.75) is 34.7 Å². The number of aliphatic hydroxyl groups is 3. The van der Waals surface area contributed by atoms with Gasteiger partial charge in [-0.3, -0.25) is 0 Å². The van der Waals surface area contributed by atoms with Crippen LogP contribution in [0.4, 0.5) is 8.78 Å². The number of aromatic carboxylic acids is 1. The predicted molar refractivity (Wildman–Crippen MR) is 121 cm³/mol. The number of halogens is 4. The van der Waals surface area contributed by atoms with Gasteiger partial charge in [-0.25, -0.2) is 18.3 Å². The van der Waals surface area contributed by atoms with Crippen LogP contribution in [-0.2, 0) is 4.74 Å². The molecule has 2 heterocycles. The standard InChI is InChI=1S/C21H17Cl2F2N3O6S/c22-9-1-2-10(20(32)33)15(5-9)35-21-19(31)17(18(30)14(7-29)34-21)28-6-13(26-27-28)8-3-11(24)16(23)12(25)4-8/h1-6,14,17-19,21,29-31H,7H2,(H,32,33)/t14?,17?,18-,19?,21+/m0/s1. The van der Waals surface area contributed by atoms with Crippen LogP contribution in [0.2, 0.25) is 10.0 Å². The second kappa shape index (κ2) is 10.3. The average molecular weight is 548 g/mol. The number of carboxylic acid groups (broad SMARTS) is 1. The normalized spacial score (nSPS) is 24.5. The number of aromatic nitrogens is 3. The molecular weight excluding hydrogens is 531 g/mol. The maximum Gasteiger partial charge on any atom is 0.336 e. The molecule has 3 aromatic rings. The molecule has 4 rings (SSSR count). The molecule has 2 aromatic carbocycles. The minimum Gasteiger partial charge on any atom is -0.478 e. The van der Waals surface area contributed by atoms with Gasteiger partial charge in [0.25, 0.3) is 0 Å². The Kier molecular flexibility index (Phi) is 7.62. The Morgan fingerprint density at radius 2 is 1.83 bits per heavy atom. The minimum absolute atomic E-state index is 0.0151. The van der Waals surface area contributed by atoms with Gasteiger partial charge in [0.1, 0.15) is 52.1 Å². The van der Waals surface area contributed by atoms with Gasteiger partial charge in [0.05, 0.1) is 18.4 Å². The van der Waals surface area contributed by atoms with Gasteiger partial charge in [0.2, 0.25) is 0 Å². The first-order valence-electron chi connectivity index (χ1n) is 9.99. The summed E-state index contributed by atoms with van der Waals surface area (Å²) in [4.78, 5) is 11.8. The van der Waals surface area contributed by atoms with Crippen molar-refractivity contribution >= 4 is 40.9 Å². The molecule has 0 bridgehead atoms. The van der Waals surface area contributed by atoms with Crippen LogP contribution in [0.1, 0.15) is 16.4 Å². The highest BCUT2D eigenvalue weighted by atomic mass is 35.5. The summed E-state index contributed by atoms with van der Waals surface area (Å²) in [5, 5.41) is 48.3. The van der Waals surface area contributed by atoms with E-state index in [1.807, 2.05) is 0 Å². The molecule has 1 aromatic heterocycles. The molecular formula is C21H17Cl2F2N3O6S. The summed E-state index contributed by atoms with van der Waals surface area (Å²) < 4.78 is 34.5. The molecule has 1 aliphatic heterocycles. The number of hydrogen-bond acceptors (Lipinski definition) is 8. The van der Waals surface area contributed by atoms with E-state index in [1.54, 1.807) is 0 Å². The van der Waals surface area contributed by atoms with E-state index in [2.05, 4.69) is 10.3 Å². The van der Waals surface area contributed by atoms with Gasteiger partial charge >= 0.3 is 5.97 Å². The Hall–Kier alpha value is -2.32. The summed E-state index contributed by atoms with van der Waals surface area (Å²) in [7, 11) is 0. The maximum atomic E-state index is 13.9. The summed E-state index contributed by atoms with van der Waals surface area (Å²) in [6.07, 6.45) is -2.86. The van der Waals surface area contributed by atoms with Gasteiger partial charge in [-0.15, -0.1) is 5.10 Å². The van der Waals surface area contributed by atoms with Gasteiger partial charge < -0.3 is 25.2 Å². The van der Waals surface area contributed by atoms with Crippen LogP contribution in [0.5, 0.6) is 0 Å². The molecule has 4 N–H and O–H groups in total. The number of ether oxygens (including phenoxy) is 1. The van der Waals surface area contributed by atoms with Crippen LogP contribution < -0.4 is 0 Å². The number of carboxylic acids is 1. The topological polar surface area (TPSA) is 138 Å². The molecule has 1 fully saturated rings. The van der Waals surface area contributed by atoms with Crippen molar-refractivity contribution in [1.29, 1.82) is 0 Å². The number of carbonyl (C=O) groups is 1. The van der Waals surface area contributed by atoms with E-state index >= 15 is 0 Å².